The molecule has 4 rings (SSSR count). The molecule has 226 valence electrons. The number of rotatable bonds is 7. The zero-order valence-electron chi connectivity index (χ0n) is 24.5. The summed E-state index contributed by atoms with van der Waals surface area (Å²) in [7, 11) is 0.817. The number of benzene rings is 3. The number of halogens is 1. The number of anilines is 1. The average Bonchev–Trinajstić information content (AvgIpc) is 2.98. The smallest absolute Gasteiger partial charge is 0.262 e. The van der Waals surface area contributed by atoms with E-state index in [1.165, 1.54) is 37.4 Å². The summed E-state index contributed by atoms with van der Waals surface area (Å²) in [6.45, 7) is 5.46. The van der Waals surface area contributed by atoms with E-state index in [-0.39, 0.29) is 58.3 Å². The van der Waals surface area contributed by atoms with Gasteiger partial charge in [-0.1, -0.05) is 31.2 Å². The lowest BCUT2D eigenvalue weighted by molar-refractivity contribution is 0.00904. The number of ether oxygens (including phenoxy) is 3. The highest BCUT2D eigenvalue weighted by Crippen LogP contribution is 2.29. The summed E-state index contributed by atoms with van der Waals surface area (Å²) in [6.07, 6.45) is -0.271. The molecule has 0 saturated carbocycles. The minimum atomic E-state index is -3.95. The van der Waals surface area contributed by atoms with Crippen LogP contribution in [0.1, 0.15) is 29.8 Å². The van der Waals surface area contributed by atoms with Crippen LogP contribution in [0, 0.1) is 11.7 Å². The van der Waals surface area contributed by atoms with Gasteiger partial charge < -0.3 is 19.1 Å². The van der Waals surface area contributed by atoms with Gasteiger partial charge >= 0.3 is 0 Å². The van der Waals surface area contributed by atoms with Gasteiger partial charge in [0.15, 0.2) is 0 Å². The molecule has 0 saturated heterocycles. The molecule has 1 aliphatic heterocycles. The SMILES string of the molecule is COc1cccc(S(=O)(=O)Nc2ccc3c(c2)OC[C@@H](C)N(Cc2ccccc2F)C[C@H](C)[C@H](OC)CN(C)C3=O)c1. The van der Waals surface area contributed by atoms with Crippen molar-refractivity contribution in [3.05, 3.63) is 83.7 Å². The fourth-order valence-electron chi connectivity index (χ4n) is 4.96. The third-order valence-corrected chi connectivity index (χ3v) is 8.89. The molecule has 3 aromatic carbocycles. The maximum atomic E-state index is 14.6. The van der Waals surface area contributed by atoms with Gasteiger partial charge in [0.2, 0.25) is 0 Å². The van der Waals surface area contributed by atoms with Crippen molar-refractivity contribution < 1.29 is 31.8 Å². The topological polar surface area (TPSA) is 97.4 Å². The fourth-order valence-corrected chi connectivity index (χ4v) is 6.04. The normalized spacial score (nSPS) is 20.6. The molecule has 1 N–H and O–H groups in total. The van der Waals surface area contributed by atoms with Crippen LogP contribution in [0.5, 0.6) is 11.5 Å². The molecule has 1 aliphatic rings. The van der Waals surface area contributed by atoms with Crippen LogP contribution in [-0.2, 0) is 21.3 Å². The zero-order chi connectivity index (χ0) is 30.4. The van der Waals surface area contributed by atoms with E-state index < -0.39 is 10.0 Å². The molecule has 0 fully saturated rings. The molecular weight excluding hydrogens is 561 g/mol. The zero-order valence-corrected chi connectivity index (χ0v) is 25.4. The van der Waals surface area contributed by atoms with E-state index in [2.05, 4.69) is 16.5 Å². The molecule has 3 atom stereocenters. The lowest BCUT2D eigenvalue weighted by atomic mass is 10.0. The Morgan fingerprint density at radius 3 is 2.50 bits per heavy atom. The summed E-state index contributed by atoms with van der Waals surface area (Å²) in [5, 5.41) is 0. The second-order valence-electron chi connectivity index (χ2n) is 10.6. The maximum Gasteiger partial charge on any atom is 0.262 e. The van der Waals surface area contributed by atoms with Crippen LogP contribution in [0.25, 0.3) is 0 Å². The first-order chi connectivity index (χ1) is 20.0. The summed E-state index contributed by atoms with van der Waals surface area (Å²) in [5.74, 6) is 0.101. The predicted molar refractivity (Wildman–Crippen MR) is 159 cm³/mol. The van der Waals surface area contributed by atoms with Gasteiger partial charge in [-0.3, -0.25) is 14.4 Å². The van der Waals surface area contributed by atoms with Crippen molar-refractivity contribution >= 4 is 21.6 Å². The molecular formula is C31H38FN3O6S. The molecule has 3 aromatic rings. The number of nitrogens with zero attached hydrogens (tertiary/aromatic N) is 2. The Morgan fingerprint density at radius 2 is 1.79 bits per heavy atom. The number of hydrogen-bond acceptors (Lipinski definition) is 7. The number of nitrogens with one attached hydrogen (secondary N) is 1. The summed E-state index contributed by atoms with van der Waals surface area (Å²) in [4.78, 5) is 17.3. The van der Waals surface area contributed by atoms with E-state index in [0.29, 0.717) is 30.9 Å². The number of fused-ring (bicyclic) bond motifs is 1. The molecule has 0 unspecified atom stereocenters. The Labute approximate surface area is 247 Å². The van der Waals surface area contributed by atoms with Crippen molar-refractivity contribution in [3.63, 3.8) is 0 Å². The maximum absolute atomic E-state index is 14.6. The summed E-state index contributed by atoms with van der Waals surface area (Å²) in [5.41, 5.74) is 1.09. The number of likely N-dealkylation sites (N-methyl/N-ethyl adjacent to an activating group) is 1. The van der Waals surface area contributed by atoms with E-state index in [1.807, 2.05) is 13.0 Å². The highest BCUT2D eigenvalue weighted by atomic mass is 32.2. The molecule has 1 heterocycles. The number of carbonyl (C=O) groups excluding carboxylic acids is 1. The Balaban J connectivity index is 1.67. The molecule has 0 aromatic heterocycles. The van der Waals surface area contributed by atoms with E-state index in [4.69, 9.17) is 14.2 Å². The minimum absolute atomic E-state index is 0.0202. The number of sulfonamides is 1. The molecule has 9 nitrogen and oxygen atoms in total. The molecule has 42 heavy (non-hydrogen) atoms. The van der Waals surface area contributed by atoms with E-state index in [0.717, 1.165) is 0 Å². The van der Waals surface area contributed by atoms with Crippen molar-refractivity contribution in [2.75, 3.05) is 45.7 Å². The Hall–Kier alpha value is -3.67. The third kappa shape index (κ3) is 7.39. The lowest BCUT2D eigenvalue weighted by Crippen LogP contribution is -2.46. The van der Waals surface area contributed by atoms with Crippen LogP contribution in [0.4, 0.5) is 10.1 Å². The van der Waals surface area contributed by atoms with Crippen LogP contribution < -0.4 is 14.2 Å². The van der Waals surface area contributed by atoms with Gasteiger partial charge in [-0.15, -0.1) is 0 Å². The summed E-state index contributed by atoms with van der Waals surface area (Å²) >= 11 is 0. The monoisotopic (exact) mass is 599 g/mol. The largest absolute Gasteiger partial charge is 0.497 e. The second kappa shape index (κ2) is 13.5. The van der Waals surface area contributed by atoms with Crippen LogP contribution in [-0.4, -0.2) is 77.2 Å². The van der Waals surface area contributed by atoms with Gasteiger partial charge in [0.1, 0.15) is 23.9 Å². The van der Waals surface area contributed by atoms with Gasteiger partial charge in [-0.2, -0.15) is 0 Å². The highest BCUT2D eigenvalue weighted by Gasteiger charge is 2.29. The van der Waals surface area contributed by atoms with Crippen LogP contribution in [0.15, 0.2) is 71.6 Å². The van der Waals surface area contributed by atoms with Crippen LogP contribution >= 0.6 is 0 Å². The first-order valence-electron chi connectivity index (χ1n) is 13.7. The fraction of sp³-hybridized carbons (Fsp3) is 0.387. The van der Waals surface area contributed by atoms with Crippen molar-refractivity contribution in [2.24, 2.45) is 5.92 Å². The summed E-state index contributed by atoms with van der Waals surface area (Å²) < 4.78 is 60.6. The van der Waals surface area contributed by atoms with Crippen LogP contribution in [0.3, 0.4) is 0 Å². The molecule has 1 amide bonds. The first-order valence-corrected chi connectivity index (χ1v) is 15.2. The summed E-state index contributed by atoms with van der Waals surface area (Å²) in [6, 6.07) is 17.2. The Bertz CT molecular complexity index is 1500. The van der Waals surface area contributed by atoms with Gasteiger partial charge in [0.25, 0.3) is 15.9 Å². The van der Waals surface area contributed by atoms with E-state index >= 15 is 0 Å². The van der Waals surface area contributed by atoms with E-state index in [1.54, 1.807) is 49.4 Å². The second-order valence-corrected chi connectivity index (χ2v) is 12.3. The predicted octanol–water partition coefficient (Wildman–Crippen LogP) is 4.64. The highest BCUT2D eigenvalue weighted by molar-refractivity contribution is 7.92. The number of methoxy groups -OCH3 is 2. The van der Waals surface area contributed by atoms with Gasteiger partial charge in [-0.05, 0) is 43.2 Å². The Morgan fingerprint density at radius 1 is 1.02 bits per heavy atom. The van der Waals surface area contributed by atoms with E-state index in [9.17, 15) is 17.6 Å². The molecule has 0 aliphatic carbocycles. The minimum Gasteiger partial charge on any atom is -0.497 e. The quantitative estimate of drug-likeness (QED) is 0.423. The average molecular weight is 600 g/mol. The Kier molecular flexibility index (Phi) is 10.1. The van der Waals surface area contributed by atoms with Gasteiger partial charge in [0, 0.05) is 57.5 Å². The molecule has 0 radical (unpaired) electrons. The third-order valence-electron chi connectivity index (χ3n) is 7.51. The standard InChI is InChI=1S/C31H38FN3O6S/c1-21-17-35(18-23-9-6-7-12-28(23)32)22(2)20-41-29-15-24(13-14-27(29)31(36)34(3)19-30(21)40-5)33-42(37,38)26-11-8-10-25(16-26)39-4/h6-16,21-22,30,33H,17-20H2,1-5H3/t21-,22+,30+/m0/s1. The first kappa shape index (κ1) is 31.3. The van der Waals surface area contributed by atoms with Crippen molar-refractivity contribution in [1.29, 1.82) is 0 Å². The van der Waals surface area contributed by atoms with Crippen molar-refractivity contribution in [3.8, 4) is 11.5 Å². The number of carbonyl (C=O) groups is 1. The lowest BCUT2D eigenvalue weighted by Gasteiger charge is -2.36. The number of amides is 1. The molecule has 0 spiro atoms. The van der Waals surface area contributed by atoms with Crippen molar-refractivity contribution in [2.45, 2.75) is 37.4 Å². The van der Waals surface area contributed by atoms with Crippen LogP contribution in [0.2, 0.25) is 0 Å². The van der Waals surface area contributed by atoms with Gasteiger partial charge in [0.05, 0.1) is 29.4 Å². The molecule has 11 heteroatoms. The van der Waals surface area contributed by atoms with Gasteiger partial charge in [-0.25, -0.2) is 12.8 Å². The molecule has 0 bridgehead atoms. The number of hydrogen-bond donors (Lipinski definition) is 1. The van der Waals surface area contributed by atoms with Crippen molar-refractivity contribution in [1.82, 2.24) is 9.80 Å².